The highest BCUT2D eigenvalue weighted by molar-refractivity contribution is 8.05. The summed E-state index contributed by atoms with van der Waals surface area (Å²) in [5, 5.41) is 16.5. The second-order valence-electron chi connectivity index (χ2n) is 5.41. The van der Waals surface area contributed by atoms with Crippen molar-refractivity contribution in [1.29, 1.82) is 0 Å². The fraction of sp³-hybridized carbons (Fsp3) is 0.333. The number of rotatable bonds is 3. The Morgan fingerprint density at radius 3 is 2.70 bits per heavy atom. The number of benzene rings is 1. The molecule has 4 nitrogen and oxygen atoms in total. The molecule has 1 unspecified atom stereocenters. The average molecular weight is 392 g/mol. The number of aliphatic carboxylic acids is 1. The fourth-order valence-corrected chi connectivity index (χ4v) is 5.00. The SMILES string of the molecule is C[C@H]1C(C(=O)O)=NN(c2ccc(Cl)cc2Cl)[C@H]1C1CC=C(Cl)S1. The lowest BCUT2D eigenvalue weighted by molar-refractivity contribution is -0.129. The van der Waals surface area contributed by atoms with Crippen molar-refractivity contribution in [3.05, 3.63) is 38.7 Å². The van der Waals surface area contributed by atoms with E-state index in [0.717, 1.165) is 10.8 Å². The first-order chi connectivity index (χ1) is 10.9. The molecule has 0 aromatic heterocycles. The van der Waals surface area contributed by atoms with Crippen LogP contribution in [0.2, 0.25) is 10.0 Å². The van der Waals surface area contributed by atoms with Gasteiger partial charge < -0.3 is 5.11 Å². The number of halogens is 3. The third-order valence-electron chi connectivity index (χ3n) is 3.97. The smallest absolute Gasteiger partial charge is 0.352 e. The van der Waals surface area contributed by atoms with Crippen LogP contribution >= 0.6 is 46.6 Å². The zero-order chi connectivity index (χ0) is 16.7. The van der Waals surface area contributed by atoms with Crippen LogP contribution in [0.1, 0.15) is 13.3 Å². The highest BCUT2D eigenvalue weighted by Gasteiger charge is 2.44. The Hall–Kier alpha value is -0.880. The quantitative estimate of drug-likeness (QED) is 0.800. The van der Waals surface area contributed by atoms with Crippen LogP contribution in [0, 0.1) is 5.92 Å². The molecule has 2 aliphatic heterocycles. The minimum atomic E-state index is -1.02. The van der Waals surface area contributed by atoms with E-state index in [1.165, 1.54) is 11.8 Å². The van der Waals surface area contributed by atoms with Crippen molar-refractivity contribution in [2.45, 2.75) is 24.6 Å². The van der Waals surface area contributed by atoms with Gasteiger partial charge in [-0.2, -0.15) is 5.10 Å². The third kappa shape index (κ3) is 3.20. The zero-order valence-corrected chi connectivity index (χ0v) is 15.1. The largest absolute Gasteiger partial charge is 0.477 e. The van der Waals surface area contributed by atoms with Crippen LogP contribution in [-0.4, -0.2) is 28.1 Å². The van der Waals surface area contributed by atoms with E-state index in [4.69, 9.17) is 34.8 Å². The van der Waals surface area contributed by atoms with Gasteiger partial charge in [-0.25, -0.2) is 4.79 Å². The van der Waals surface area contributed by atoms with E-state index in [0.29, 0.717) is 15.7 Å². The number of carboxylic acids is 1. The fourth-order valence-electron chi connectivity index (χ4n) is 2.90. The Balaban J connectivity index is 2.01. The van der Waals surface area contributed by atoms with Crippen LogP contribution in [0.4, 0.5) is 5.69 Å². The summed E-state index contributed by atoms with van der Waals surface area (Å²) in [5.41, 5.74) is 0.775. The molecule has 0 saturated heterocycles. The lowest BCUT2D eigenvalue weighted by Crippen LogP contribution is -2.40. The van der Waals surface area contributed by atoms with Gasteiger partial charge in [0.2, 0.25) is 0 Å². The maximum atomic E-state index is 11.5. The normalized spacial score (nSPS) is 27.1. The molecule has 3 atom stereocenters. The maximum Gasteiger partial charge on any atom is 0.352 e. The molecule has 0 spiro atoms. The standard InChI is InChI=1S/C15H13Cl3N2O2S/c1-7-13(15(21)22)19-20(10-3-2-8(16)6-9(10)17)14(7)11-4-5-12(18)23-11/h2-3,5-7,11,14H,4H2,1H3,(H,21,22)/t7-,11?,14+/m0/s1. The van der Waals surface area contributed by atoms with Gasteiger partial charge in [-0.15, -0.1) is 11.8 Å². The monoisotopic (exact) mass is 390 g/mol. The molecule has 8 heteroatoms. The summed E-state index contributed by atoms with van der Waals surface area (Å²) in [7, 11) is 0. The molecule has 0 bridgehead atoms. The molecule has 23 heavy (non-hydrogen) atoms. The number of hydrogen-bond donors (Lipinski definition) is 1. The van der Waals surface area contributed by atoms with E-state index in [9.17, 15) is 9.90 Å². The molecule has 1 aromatic carbocycles. The minimum Gasteiger partial charge on any atom is -0.477 e. The molecule has 2 heterocycles. The number of carbonyl (C=O) groups is 1. The number of nitrogens with zero attached hydrogens (tertiary/aromatic N) is 2. The topological polar surface area (TPSA) is 52.9 Å². The summed E-state index contributed by atoms with van der Waals surface area (Å²) in [5.74, 6) is -1.26. The summed E-state index contributed by atoms with van der Waals surface area (Å²) in [6.45, 7) is 1.87. The van der Waals surface area contributed by atoms with Crippen molar-refractivity contribution in [3.8, 4) is 0 Å². The van der Waals surface area contributed by atoms with E-state index in [1.807, 2.05) is 13.0 Å². The second kappa shape index (κ2) is 6.55. The predicted molar refractivity (Wildman–Crippen MR) is 96.9 cm³/mol. The van der Waals surface area contributed by atoms with Gasteiger partial charge >= 0.3 is 5.97 Å². The molecule has 122 valence electrons. The number of thioether (sulfide) groups is 1. The molecule has 0 fully saturated rings. The van der Waals surface area contributed by atoms with Gasteiger partial charge in [0.15, 0.2) is 5.71 Å². The van der Waals surface area contributed by atoms with Crippen LogP contribution in [0.3, 0.4) is 0 Å². The molecule has 1 aromatic rings. The Bertz CT molecular complexity index is 723. The zero-order valence-electron chi connectivity index (χ0n) is 12.0. The lowest BCUT2D eigenvalue weighted by atomic mass is 9.93. The molecule has 2 aliphatic rings. The van der Waals surface area contributed by atoms with E-state index < -0.39 is 5.97 Å². The van der Waals surface area contributed by atoms with E-state index in [-0.39, 0.29) is 22.9 Å². The molecular formula is C15H13Cl3N2O2S. The highest BCUT2D eigenvalue weighted by Crippen LogP contribution is 2.44. The first kappa shape index (κ1) is 17.0. The van der Waals surface area contributed by atoms with Gasteiger partial charge in [-0.3, -0.25) is 5.01 Å². The molecule has 3 rings (SSSR count). The first-order valence-electron chi connectivity index (χ1n) is 6.97. The van der Waals surface area contributed by atoms with Crippen molar-refractivity contribution in [2.75, 3.05) is 5.01 Å². The third-order valence-corrected chi connectivity index (χ3v) is 6.10. The molecule has 0 saturated carbocycles. The number of allylic oxidation sites excluding steroid dienone is 1. The first-order valence-corrected chi connectivity index (χ1v) is 8.98. The Morgan fingerprint density at radius 1 is 1.39 bits per heavy atom. The van der Waals surface area contributed by atoms with Crippen molar-refractivity contribution in [3.63, 3.8) is 0 Å². The maximum absolute atomic E-state index is 11.5. The highest BCUT2D eigenvalue weighted by atomic mass is 35.5. The number of carboxylic acid groups (broad SMARTS) is 1. The minimum absolute atomic E-state index is 0.116. The van der Waals surface area contributed by atoms with E-state index in [2.05, 4.69) is 5.10 Å². The van der Waals surface area contributed by atoms with Gasteiger partial charge in [0.05, 0.1) is 21.1 Å². The summed E-state index contributed by atoms with van der Waals surface area (Å²) >= 11 is 19.9. The Labute approximate surface area is 153 Å². The van der Waals surface area contributed by atoms with E-state index >= 15 is 0 Å². The summed E-state index contributed by atoms with van der Waals surface area (Å²) in [4.78, 5) is 11.5. The van der Waals surface area contributed by atoms with Crippen molar-refractivity contribution in [2.24, 2.45) is 11.0 Å². The van der Waals surface area contributed by atoms with Gasteiger partial charge in [-0.1, -0.05) is 47.8 Å². The number of anilines is 1. The Kier molecular flexibility index (Phi) is 4.83. The average Bonchev–Trinajstić information content (AvgIpc) is 3.02. The van der Waals surface area contributed by atoms with Gasteiger partial charge in [0.1, 0.15) is 0 Å². The van der Waals surface area contributed by atoms with Gasteiger partial charge in [0, 0.05) is 16.2 Å². The van der Waals surface area contributed by atoms with Crippen LogP contribution < -0.4 is 5.01 Å². The molecule has 1 N–H and O–H groups in total. The van der Waals surface area contributed by atoms with E-state index in [1.54, 1.807) is 23.2 Å². The molecule has 0 amide bonds. The second-order valence-corrected chi connectivity index (χ2v) is 8.17. The van der Waals surface area contributed by atoms with Gasteiger partial charge in [0.25, 0.3) is 0 Å². The van der Waals surface area contributed by atoms with Gasteiger partial charge in [-0.05, 0) is 24.6 Å². The Morgan fingerprint density at radius 2 is 2.13 bits per heavy atom. The summed E-state index contributed by atoms with van der Waals surface area (Å²) < 4.78 is 0.730. The number of hydrogen-bond acceptors (Lipinski definition) is 4. The number of hydrazone groups is 1. The molecule has 0 radical (unpaired) electrons. The van der Waals surface area contributed by atoms with Crippen molar-refractivity contribution < 1.29 is 9.90 Å². The van der Waals surface area contributed by atoms with Crippen LogP contribution in [0.15, 0.2) is 33.7 Å². The summed E-state index contributed by atoms with van der Waals surface area (Å²) in [6, 6.07) is 4.96. The van der Waals surface area contributed by atoms with Crippen molar-refractivity contribution >= 4 is 63.9 Å². The van der Waals surface area contributed by atoms with Crippen molar-refractivity contribution in [1.82, 2.24) is 0 Å². The predicted octanol–water partition coefficient (Wildman–Crippen LogP) is 4.84. The summed E-state index contributed by atoms with van der Waals surface area (Å²) in [6.07, 6.45) is 2.71. The van der Waals surface area contributed by atoms with Crippen LogP contribution in [-0.2, 0) is 4.79 Å². The molecule has 0 aliphatic carbocycles. The molecular weight excluding hydrogens is 379 g/mol. The van der Waals surface area contributed by atoms with Crippen LogP contribution in [0.25, 0.3) is 0 Å². The van der Waals surface area contributed by atoms with Crippen LogP contribution in [0.5, 0.6) is 0 Å². The lowest BCUT2D eigenvalue weighted by Gasteiger charge is -2.31.